The molecule has 196 valence electrons. The number of carbonyl (C=O) groups is 3. The van der Waals surface area contributed by atoms with Gasteiger partial charge in [-0.05, 0) is 43.4 Å². The first-order chi connectivity index (χ1) is 17.8. The number of halogens is 1. The number of likely N-dealkylation sites (tertiary alicyclic amines) is 1. The number of aliphatic hydroxyl groups is 1. The highest BCUT2D eigenvalue weighted by atomic mass is 35.5. The molecule has 0 radical (unpaired) electrons. The van der Waals surface area contributed by atoms with Gasteiger partial charge >= 0.3 is 0 Å². The van der Waals surface area contributed by atoms with Crippen molar-refractivity contribution in [3.63, 3.8) is 0 Å². The van der Waals surface area contributed by atoms with E-state index in [9.17, 15) is 19.5 Å². The van der Waals surface area contributed by atoms with E-state index < -0.39 is 41.0 Å². The van der Waals surface area contributed by atoms with Gasteiger partial charge in [0.25, 0.3) is 0 Å². The fraction of sp³-hybridized carbons (Fsp3) is 0.464. The van der Waals surface area contributed by atoms with Crippen molar-refractivity contribution in [2.24, 2.45) is 11.8 Å². The average Bonchev–Trinajstić information content (AvgIpc) is 3.52. The van der Waals surface area contributed by atoms with E-state index in [2.05, 4.69) is 10.6 Å². The molecule has 0 aliphatic carbocycles. The van der Waals surface area contributed by atoms with Gasteiger partial charge in [0, 0.05) is 7.05 Å². The maximum Gasteiger partial charge on any atom is 0.250 e. The molecule has 3 N–H and O–H groups in total. The van der Waals surface area contributed by atoms with Crippen LogP contribution in [-0.4, -0.2) is 64.7 Å². The van der Waals surface area contributed by atoms with Crippen molar-refractivity contribution in [2.75, 3.05) is 19.0 Å². The molecule has 3 amide bonds. The summed E-state index contributed by atoms with van der Waals surface area (Å²) < 4.78 is 6.70. The zero-order valence-corrected chi connectivity index (χ0v) is 21.7. The number of rotatable bonds is 8. The third-order valence-corrected chi connectivity index (χ3v) is 8.78. The zero-order chi connectivity index (χ0) is 26.4. The first-order valence-corrected chi connectivity index (χ1v) is 13.1. The Morgan fingerprint density at radius 1 is 1.14 bits per heavy atom. The monoisotopic (exact) mass is 525 g/mol. The lowest BCUT2D eigenvalue weighted by atomic mass is 9.65. The van der Waals surface area contributed by atoms with Crippen molar-refractivity contribution in [1.29, 1.82) is 0 Å². The molecule has 8 nitrogen and oxygen atoms in total. The summed E-state index contributed by atoms with van der Waals surface area (Å²) >= 11 is 6.33. The van der Waals surface area contributed by atoms with Gasteiger partial charge in [0.2, 0.25) is 17.7 Å². The number of aliphatic hydroxyl groups excluding tert-OH is 1. The molecule has 9 heteroatoms. The van der Waals surface area contributed by atoms with E-state index >= 15 is 0 Å². The van der Waals surface area contributed by atoms with Gasteiger partial charge in [-0.15, -0.1) is 0 Å². The summed E-state index contributed by atoms with van der Waals surface area (Å²) in [4.78, 5) is 42.9. The third-order valence-electron chi connectivity index (χ3n) is 8.45. The van der Waals surface area contributed by atoms with Gasteiger partial charge in [0.15, 0.2) is 0 Å². The van der Waals surface area contributed by atoms with Crippen LogP contribution >= 0.6 is 11.6 Å². The molecular weight excluding hydrogens is 494 g/mol. The number of fused-ring (bicyclic) bond motifs is 1. The largest absolute Gasteiger partial charge is 0.394 e. The maximum atomic E-state index is 14.2. The summed E-state index contributed by atoms with van der Waals surface area (Å²) in [6.45, 7) is 1.60. The van der Waals surface area contributed by atoms with Crippen molar-refractivity contribution in [3.8, 4) is 0 Å². The molecule has 2 aromatic carbocycles. The molecule has 2 unspecified atom stereocenters. The number of hydrogen-bond donors (Lipinski definition) is 3. The molecule has 37 heavy (non-hydrogen) atoms. The molecule has 2 bridgehead atoms. The van der Waals surface area contributed by atoms with E-state index in [1.54, 1.807) is 31.3 Å². The number of nitrogens with zero attached hydrogens (tertiary/aromatic N) is 1. The fourth-order valence-electron chi connectivity index (χ4n) is 6.80. The summed E-state index contributed by atoms with van der Waals surface area (Å²) in [5.74, 6) is -2.59. The fourth-order valence-corrected chi connectivity index (χ4v) is 6.99. The Hall–Kier alpha value is -2.94. The highest BCUT2D eigenvalue weighted by Crippen LogP contribution is 2.64. The highest BCUT2D eigenvalue weighted by Gasteiger charge is 2.79. The van der Waals surface area contributed by atoms with Crippen molar-refractivity contribution >= 4 is 35.0 Å². The predicted octanol–water partition coefficient (Wildman–Crippen LogP) is 2.78. The summed E-state index contributed by atoms with van der Waals surface area (Å²) in [5, 5.41) is 16.5. The number of carbonyl (C=O) groups excluding carboxylic acids is 3. The quantitative estimate of drug-likeness (QED) is 0.491. The van der Waals surface area contributed by atoms with E-state index in [1.165, 1.54) is 4.90 Å². The zero-order valence-electron chi connectivity index (χ0n) is 20.9. The second-order valence-corrected chi connectivity index (χ2v) is 10.6. The Kier molecular flexibility index (Phi) is 6.77. The molecule has 6 atom stereocenters. The molecule has 5 rings (SSSR count). The van der Waals surface area contributed by atoms with Crippen LogP contribution in [0.25, 0.3) is 0 Å². The molecule has 0 aromatic heterocycles. The molecule has 1 spiro atoms. The molecule has 3 aliphatic heterocycles. The molecule has 2 aromatic rings. The molecule has 3 aliphatic rings. The molecule has 3 heterocycles. The van der Waals surface area contributed by atoms with Gasteiger partial charge < -0.3 is 25.4 Å². The first kappa shape index (κ1) is 25.7. The van der Waals surface area contributed by atoms with Crippen LogP contribution in [0.3, 0.4) is 0 Å². The molecule has 3 saturated heterocycles. The number of benzene rings is 2. The Labute approximate surface area is 221 Å². The minimum Gasteiger partial charge on any atom is -0.394 e. The average molecular weight is 526 g/mol. The number of amides is 3. The van der Waals surface area contributed by atoms with Crippen molar-refractivity contribution in [3.05, 3.63) is 65.2 Å². The Morgan fingerprint density at radius 3 is 2.49 bits per heavy atom. The number of nitrogens with one attached hydrogen (secondary N) is 2. The van der Waals surface area contributed by atoms with E-state index in [1.807, 2.05) is 37.3 Å². The Balaban J connectivity index is 1.59. The Morgan fingerprint density at radius 2 is 1.84 bits per heavy atom. The second kappa shape index (κ2) is 9.74. The van der Waals surface area contributed by atoms with Gasteiger partial charge in [-0.2, -0.15) is 0 Å². The van der Waals surface area contributed by atoms with Crippen LogP contribution in [0.5, 0.6) is 0 Å². The van der Waals surface area contributed by atoms with Gasteiger partial charge in [0.05, 0.1) is 40.8 Å². The van der Waals surface area contributed by atoms with Crippen LogP contribution < -0.4 is 10.6 Å². The minimum atomic E-state index is -1.18. The smallest absolute Gasteiger partial charge is 0.250 e. The minimum absolute atomic E-state index is 0.266. The summed E-state index contributed by atoms with van der Waals surface area (Å²) in [7, 11) is 1.55. The number of ether oxygens (including phenoxy) is 1. The van der Waals surface area contributed by atoms with Crippen molar-refractivity contribution < 1.29 is 24.2 Å². The molecule has 0 saturated carbocycles. The summed E-state index contributed by atoms with van der Waals surface area (Å²) in [5.41, 5.74) is -0.651. The SMILES string of the molecule is CC[C@@]12CCC3(O1)C(C(=O)Nc1ccccc1Cl)N([C@@H](CO)Cc1ccccc1)C(=O)[C@@H]3[C@@H]2C(=O)NC. The van der Waals surface area contributed by atoms with Gasteiger partial charge in [-0.3, -0.25) is 14.4 Å². The van der Waals surface area contributed by atoms with Crippen LogP contribution in [0, 0.1) is 11.8 Å². The second-order valence-electron chi connectivity index (χ2n) is 10.2. The van der Waals surface area contributed by atoms with Crippen LogP contribution in [-0.2, 0) is 25.5 Å². The topological polar surface area (TPSA) is 108 Å². The van der Waals surface area contributed by atoms with E-state index in [0.29, 0.717) is 36.4 Å². The van der Waals surface area contributed by atoms with Crippen LogP contribution in [0.1, 0.15) is 31.7 Å². The summed E-state index contributed by atoms with van der Waals surface area (Å²) in [6, 6.07) is 14.7. The summed E-state index contributed by atoms with van der Waals surface area (Å²) in [6.07, 6.45) is 1.93. The van der Waals surface area contributed by atoms with Gasteiger partial charge in [-0.25, -0.2) is 0 Å². The lowest BCUT2D eigenvalue weighted by Crippen LogP contribution is -2.57. The number of para-hydroxylation sites is 1. The maximum absolute atomic E-state index is 14.2. The van der Waals surface area contributed by atoms with Crippen LogP contribution in [0.2, 0.25) is 5.02 Å². The molecular formula is C28H32ClN3O5. The lowest BCUT2D eigenvalue weighted by Gasteiger charge is -2.37. The van der Waals surface area contributed by atoms with Gasteiger partial charge in [-0.1, -0.05) is 61.0 Å². The standard InChI is InChI=1S/C28H32ClN3O5/c1-3-27-13-14-28(37-27)22(21(27)24(34)30-2)26(36)32(18(16-33)15-17-9-5-4-6-10-17)23(28)25(35)31-20-12-8-7-11-19(20)29/h4-12,18,21-23,33H,3,13-16H2,1-2H3,(H,30,34)(H,31,35)/t18-,21-,22+,23?,27+,28?/m1/s1. The Bertz CT molecular complexity index is 1210. The highest BCUT2D eigenvalue weighted by molar-refractivity contribution is 6.33. The number of anilines is 1. The van der Waals surface area contributed by atoms with Crippen molar-refractivity contribution in [2.45, 2.75) is 55.9 Å². The van der Waals surface area contributed by atoms with E-state index in [0.717, 1.165) is 5.56 Å². The van der Waals surface area contributed by atoms with Crippen LogP contribution in [0.4, 0.5) is 5.69 Å². The number of hydrogen-bond acceptors (Lipinski definition) is 5. The van der Waals surface area contributed by atoms with Gasteiger partial charge in [0.1, 0.15) is 11.6 Å². The van der Waals surface area contributed by atoms with Crippen LogP contribution in [0.15, 0.2) is 54.6 Å². The third kappa shape index (κ3) is 3.93. The lowest BCUT2D eigenvalue weighted by molar-refractivity contribution is -0.149. The van der Waals surface area contributed by atoms with E-state index in [-0.39, 0.29) is 18.4 Å². The van der Waals surface area contributed by atoms with Crippen molar-refractivity contribution in [1.82, 2.24) is 10.2 Å². The first-order valence-electron chi connectivity index (χ1n) is 12.8. The van der Waals surface area contributed by atoms with E-state index in [4.69, 9.17) is 16.3 Å². The normalized spacial score (nSPS) is 30.8. The predicted molar refractivity (Wildman–Crippen MR) is 139 cm³/mol. The molecule has 3 fully saturated rings.